The highest BCUT2D eigenvalue weighted by Crippen LogP contribution is 2.45. The van der Waals surface area contributed by atoms with E-state index in [1.165, 1.54) is 0 Å². The van der Waals surface area contributed by atoms with Crippen molar-refractivity contribution < 1.29 is 14.4 Å². The SMILES string of the molecule is Cn1cccc1CNC(=O)CCCN1C(=O)c2ccccc2N2C(=O)c3ccccc3[C@@H]12. The van der Waals surface area contributed by atoms with Crippen LogP contribution in [0.2, 0.25) is 0 Å². The number of hydrogen-bond donors (Lipinski definition) is 1. The zero-order chi connectivity index (χ0) is 22.2. The normalized spacial score (nSPS) is 16.6. The fourth-order valence-corrected chi connectivity index (χ4v) is 4.57. The molecule has 2 aromatic carbocycles. The minimum absolute atomic E-state index is 0.0594. The van der Waals surface area contributed by atoms with Crippen LogP contribution in [0.1, 0.15) is 51.0 Å². The van der Waals surface area contributed by atoms with E-state index < -0.39 is 6.17 Å². The molecule has 0 fully saturated rings. The maximum atomic E-state index is 13.4. The summed E-state index contributed by atoms with van der Waals surface area (Å²) in [6, 6.07) is 18.5. The smallest absolute Gasteiger partial charge is 0.260 e. The minimum atomic E-state index is -0.479. The third kappa shape index (κ3) is 3.26. The summed E-state index contributed by atoms with van der Waals surface area (Å²) in [4.78, 5) is 42.3. The summed E-state index contributed by atoms with van der Waals surface area (Å²) in [5, 5.41) is 2.93. The first-order valence-electron chi connectivity index (χ1n) is 10.8. The van der Waals surface area contributed by atoms with Gasteiger partial charge < -0.3 is 14.8 Å². The zero-order valence-corrected chi connectivity index (χ0v) is 17.8. The van der Waals surface area contributed by atoms with Gasteiger partial charge in [0.05, 0.1) is 17.8 Å². The Hall–Kier alpha value is -3.87. The summed E-state index contributed by atoms with van der Waals surface area (Å²) in [5.41, 5.74) is 3.62. The lowest BCUT2D eigenvalue weighted by Gasteiger charge is -2.41. The quantitative estimate of drug-likeness (QED) is 0.655. The molecule has 3 amide bonds. The number of rotatable bonds is 6. The first kappa shape index (κ1) is 20.1. The second kappa shape index (κ2) is 8.00. The van der Waals surface area contributed by atoms with Crippen molar-refractivity contribution in [2.75, 3.05) is 11.4 Å². The van der Waals surface area contributed by atoms with Gasteiger partial charge in [-0.3, -0.25) is 19.3 Å². The van der Waals surface area contributed by atoms with E-state index in [2.05, 4.69) is 5.32 Å². The summed E-state index contributed by atoms with van der Waals surface area (Å²) in [6.45, 7) is 0.851. The van der Waals surface area contributed by atoms with Gasteiger partial charge in [0.15, 0.2) is 0 Å². The van der Waals surface area contributed by atoms with Gasteiger partial charge >= 0.3 is 0 Å². The molecule has 0 spiro atoms. The predicted molar refractivity (Wildman–Crippen MR) is 120 cm³/mol. The number of benzene rings is 2. The first-order valence-corrected chi connectivity index (χ1v) is 10.8. The Balaban J connectivity index is 1.33. The van der Waals surface area contributed by atoms with Gasteiger partial charge in [0.1, 0.15) is 6.17 Å². The maximum absolute atomic E-state index is 13.4. The molecule has 3 heterocycles. The molecule has 1 atom stereocenters. The van der Waals surface area contributed by atoms with Gasteiger partial charge in [-0.25, -0.2) is 0 Å². The average Bonchev–Trinajstić information content (AvgIpc) is 3.35. The molecule has 1 N–H and O–H groups in total. The molecule has 0 saturated heterocycles. The molecular weight excluding hydrogens is 404 g/mol. The molecule has 1 aromatic heterocycles. The Morgan fingerprint density at radius 1 is 0.938 bits per heavy atom. The fourth-order valence-electron chi connectivity index (χ4n) is 4.57. The number of para-hydroxylation sites is 1. The summed E-state index contributed by atoms with van der Waals surface area (Å²) in [7, 11) is 1.94. The highest BCUT2D eigenvalue weighted by atomic mass is 16.2. The van der Waals surface area contributed by atoms with Crippen LogP contribution in [0.5, 0.6) is 0 Å². The lowest BCUT2D eigenvalue weighted by Crippen LogP contribution is -2.48. The highest BCUT2D eigenvalue weighted by Gasteiger charge is 2.47. The van der Waals surface area contributed by atoms with E-state index in [0.29, 0.717) is 42.7 Å². The number of anilines is 1. The molecule has 0 unspecified atom stereocenters. The van der Waals surface area contributed by atoms with Gasteiger partial charge in [0, 0.05) is 43.0 Å². The number of hydrogen-bond acceptors (Lipinski definition) is 3. The third-order valence-corrected chi connectivity index (χ3v) is 6.20. The van der Waals surface area contributed by atoms with Crippen molar-refractivity contribution in [1.29, 1.82) is 0 Å². The van der Waals surface area contributed by atoms with Crippen LogP contribution < -0.4 is 10.2 Å². The maximum Gasteiger partial charge on any atom is 0.260 e. The Kier molecular flexibility index (Phi) is 5.01. The van der Waals surface area contributed by atoms with Crippen molar-refractivity contribution in [2.24, 2.45) is 7.05 Å². The van der Waals surface area contributed by atoms with Crippen LogP contribution in [0, 0.1) is 0 Å². The lowest BCUT2D eigenvalue weighted by atomic mass is 10.0. The van der Waals surface area contributed by atoms with Crippen LogP contribution >= 0.6 is 0 Å². The number of aryl methyl sites for hydroxylation is 1. The van der Waals surface area contributed by atoms with Gasteiger partial charge in [-0.15, -0.1) is 0 Å². The Morgan fingerprint density at radius 3 is 2.47 bits per heavy atom. The van der Waals surface area contributed by atoms with Gasteiger partial charge in [0.25, 0.3) is 11.8 Å². The zero-order valence-electron chi connectivity index (χ0n) is 17.8. The monoisotopic (exact) mass is 428 g/mol. The van der Waals surface area contributed by atoms with Crippen molar-refractivity contribution in [3.8, 4) is 0 Å². The first-order chi connectivity index (χ1) is 15.6. The van der Waals surface area contributed by atoms with Gasteiger partial charge in [-0.2, -0.15) is 0 Å². The molecule has 3 aromatic rings. The van der Waals surface area contributed by atoms with Crippen LogP contribution in [-0.4, -0.2) is 33.7 Å². The number of carbonyl (C=O) groups is 3. The van der Waals surface area contributed by atoms with Crippen molar-refractivity contribution in [3.63, 3.8) is 0 Å². The predicted octanol–water partition coefficient (Wildman–Crippen LogP) is 3.24. The minimum Gasteiger partial charge on any atom is -0.353 e. The Labute approximate surface area is 186 Å². The van der Waals surface area contributed by atoms with Crippen molar-refractivity contribution >= 4 is 23.4 Å². The number of nitrogens with one attached hydrogen (secondary N) is 1. The molecule has 32 heavy (non-hydrogen) atoms. The molecular formula is C25H24N4O3. The van der Waals surface area contributed by atoms with Gasteiger partial charge in [-0.05, 0) is 36.8 Å². The molecule has 0 aliphatic carbocycles. The molecule has 7 heteroatoms. The highest BCUT2D eigenvalue weighted by molar-refractivity contribution is 6.16. The Morgan fingerprint density at radius 2 is 1.69 bits per heavy atom. The van der Waals surface area contributed by atoms with E-state index in [9.17, 15) is 14.4 Å². The third-order valence-electron chi connectivity index (χ3n) is 6.20. The van der Waals surface area contributed by atoms with E-state index >= 15 is 0 Å². The summed E-state index contributed by atoms with van der Waals surface area (Å²) in [6.07, 6.45) is 2.27. The van der Waals surface area contributed by atoms with E-state index in [-0.39, 0.29) is 17.7 Å². The largest absolute Gasteiger partial charge is 0.353 e. The van der Waals surface area contributed by atoms with Crippen LogP contribution in [0.4, 0.5) is 5.69 Å². The Bertz CT molecular complexity index is 1220. The molecule has 0 bridgehead atoms. The molecule has 0 radical (unpaired) electrons. The molecule has 2 aliphatic rings. The van der Waals surface area contributed by atoms with E-state index in [0.717, 1.165) is 11.3 Å². The summed E-state index contributed by atoms with van der Waals surface area (Å²) in [5.74, 6) is -0.276. The summed E-state index contributed by atoms with van der Waals surface area (Å²) < 4.78 is 1.97. The fraction of sp³-hybridized carbons (Fsp3) is 0.240. The number of fused-ring (bicyclic) bond motifs is 5. The van der Waals surface area contributed by atoms with E-state index in [1.54, 1.807) is 28.0 Å². The van der Waals surface area contributed by atoms with Crippen LogP contribution in [0.25, 0.3) is 0 Å². The number of amides is 3. The van der Waals surface area contributed by atoms with Crippen LogP contribution in [-0.2, 0) is 18.4 Å². The van der Waals surface area contributed by atoms with Crippen LogP contribution in [0.15, 0.2) is 66.9 Å². The molecule has 5 rings (SSSR count). The van der Waals surface area contributed by atoms with Gasteiger partial charge in [0.2, 0.25) is 5.91 Å². The second-order valence-electron chi connectivity index (χ2n) is 8.14. The topological polar surface area (TPSA) is 74.7 Å². The second-order valence-corrected chi connectivity index (χ2v) is 8.14. The van der Waals surface area contributed by atoms with E-state index in [4.69, 9.17) is 0 Å². The van der Waals surface area contributed by atoms with Crippen molar-refractivity contribution in [2.45, 2.75) is 25.6 Å². The standard InChI is InChI=1S/C25H24N4O3/c1-27-14-6-8-17(27)16-26-22(30)13-7-15-28-23-18-9-2-3-10-19(18)25(32)29(23)21-12-5-4-11-20(21)24(28)31/h2-6,8-12,14,23H,7,13,15-16H2,1H3,(H,26,30)/t23-/m0/s1. The van der Waals surface area contributed by atoms with Crippen molar-refractivity contribution in [1.82, 2.24) is 14.8 Å². The number of nitrogens with zero attached hydrogens (tertiary/aromatic N) is 3. The molecule has 7 nitrogen and oxygen atoms in total. The molecule has 2 aliphatic heterocycles. The lowest BCUT2D eigenvalue weighted by molar-refractivity contribution is -0.121. The number of carbonyl (C=O) groups excluding carboxylic acids is 3. The number of aromatic nitrogens is 1. The molecule has 0 saturated carbocycles. The van der Waals surface area contributed by atoms with Crippen molar-refractivity contribution in [3.05, 3.63) is 89.2 Å². The molecule has 162 valence electrons. The van der Waals surface area contributed by atoms with Crippen LogP contribution in [0.3, 0.4) is 0 Å². The van der Waals surface area contributed by atoms with Gasteiger partial charge in [-0.1, -0.05) is 30.3 Å². The van der Waals surface area contributed by atoms with E-state index in [1.807, 2.05) is 60.3 Å². The average molecular weight is 428 g/mol. The summed E-state index contributed by atoms with van der Waals surface area (Å²) >= 11 is 0.